The predicted molar refractivity (Wildman–Crippen MR) is 107 cm³/mol. The lowest BCUT2D eigenvalue weighted by molar-refractivity contribution is 0.735. The van der Waals surface area contributed by atoms with Crippen LogP contribution in [0, 0.1) is 22.7 Å². The van der Waals surface area contributed by atoms with Crippen molar-refractivity contribution in [1.29, 1.82) is 10.5 Å². The topological polar surface area (TPSA) is 54.1 Å². The van der Waals surface area contributed by atoms with E-state index >= 15 is 0 Å². The zero-order chi connectivity index (χ0) is 18.8. The van der Waals surface area contributed by atoms with Gasteiger partial charge in [-0.25, -0.2) is 0 Å². The van der Waals surface area contributed by atoms with E-state index in [9.17, 15) is 0 Å². The average molecular weight is 346 g/mol. The number of nitriles is 2. The molecule has 1 aliphatic heterocycles. The van der Waals surface area contributed by atoms with Gasteiger partial charge in [0.2, 0.25) is 0 Å². The van der Waals surface area contributed by atoms with Gasteiger partial charge in [-0.1, -0.05) is 51.0 Å². The maximum absolute atomic E-state index is 8.83. The molecule has 0 atom stereocenters. The van der Waals surface area contributed by atoms with Crippen molar-refractivity contribution in [2.75, 3.05) is 22.9 Å². The molecule has 0 aromatic heterocycles. The maximum Gasteiger partial charge on any atom is 0.129 e. The molecule has 1 aromatic carbocycles. The van der Waals surface area contributed by atoms with Gasteiger partial charge in [0.15, 0.2) is 0 Å². The highest BCUT2D eigenvalue weighted by Crippen LogP contribution is 2.41. The lowest BCUT2D eigenvalue weighted by atomic mass is 10.2. The quantitative estimate of drug-likeness (QED) is 0.474. The third-order valence-electron chi connectivity index (χ3n) is 4.35. The summed E-state index contributed by atoms with van der Waals surface area (Å²) in [6.45, 7) is 6.37. The first-order valence-electron chi connectivity index (χ1n) is 9.29. The molecule has 0 fully saturated rings. The lowest BCUT2D eigenvalue weighted by Crippen LogP contribution is -2.29. The summed E-state index contributed by atoms with van der Waals surface area (Å²) >= 11 is 0. The Labute approximate surface area is 157 Å². The summed E-state index contributed by atoms with van der Waals surface area (Å²) in [7, 11) is 0. The number of allylic oxidation sites excluding steroid dienone is 5. The van der Waals surface area contributed by atoms with E-state index in [4.69, 9.17) is 10.5 Å². The zero-order valence-corrected chi connectivity index (χ0v) is 15.7. The van der Waals surface area contributed by atoms with Crippen LogP contribution in [0.25, 0.3) is 0 Å². The second-order valence-electron chi connectivity index (χ2n) is 6.21. The van der Waals surface area contributed by atoms with Crippen LogP contribution in [0.5, 0.6) is 0 Å². The summed E-state index contributed by atoms with van der Waals surface area (Å²) in [6, 6.07) is 12.3. The largest absolute Gasteiger partial charge is 0.326 e. The number of benzene rings is 1. The molecule has 26 heavy (non-hydrogen) atoms. The van der Waals surface area contributed by atoms with Crippen LogP contribution in [0.15, 0.2) is 60.0 Å². The number of hydrogen-bond acceptors (Lipinski definition) is 4. The molecule has 1 aromatic rings. The summed E-state index contributed by atoms with van der Waals surface area (Å²) in [5.74, 6) is 1.16. The van der Waals surface area contributed by atoms with Crippen LogP contribution in [-0.4, -0.2) is 13.1 Å². The van der Waals surface area contributed by atoms with Crippen LogP contribution in [0.4, 0.5) is 11.4 Å². The van der Waals surface area contributed by atoms with Crippen molar-refractivity contribution in [3.8, 4) is 12.1 Å². The molecular weight excluding hydrogens is 320 g/mol. The van der Waals surface area contributed by atoms with Crippen molar-refractivity contribution in [1.82, 2.24) is 0 Å². The second-order valence-corrected chi connectivity index (χ2v) is 6.21. The minimum atomic E-state index is 0.111. The van der Waals surface area contributed by atoms with Crippen molar-refractivity contribution < 1.29 is 0 Å². The van der Waals surface area contributed by atoms with Crippen LogP contribution in [0.1, 0.15) is 39.5 Å². The monoisotopic (exact) mass is 346 g/mol. The first kappa shape index (κ1) is 19.3. The number of anilines is 2. The number of nitrogens with zero attached hydrogens (tertiary/aromatic N) is 4. The maximum atomic E-state index is 8.83. The second kappa shape index (κ2) is 10.1. The minimum Gasteiger partial charge on any atom is -0.326 e. The van der Waals surface area contributed by atoms with Crippen molar-refractivity contribution in [2.24, 2.45) is 0 Å². The van der Waals surface area contributed by atoms with Crippen molar-refractivity contribution in [3.63, 3.8) is 0 Å². The first-order chi connectivity index (χ1) is 12.8. The molecule has 0 radical (unpaired) electrons. The predicted octanol–water partition coefficient (Wildman–Crippen LogP) is 5.28. The SMILES string of the molecule is CCCCN1C(=C/C=C/C=C(C#N)C#N)N(CCCC)c2ccccc21. The molecule has 4 heteroatoms. The third kappa shape index (κ3) is 4.55. The summed E-state index contributed by atoms with van der Waals surface area (Å²) in [5, 5.41) is 17.7. The number of fused-ring (bicyclic) bond motifs is 1. The van der Waals surface area contributed by atoms with Gasteiger partial charge in [0.1, 0.15) is 23.5 Å². The summed E-state index contributed by atoms with van der Waals surface area (Å²) in [6.07, 6.45) is 11.8. The van der Waals surface area contributed by atoms with Gasteiger partial charge in [-0.3, -0.25) is 0 Å². The molecular formula is C22H26N4. The van der Waals surface area contributed by atoms with E-state index < -0.39 is 0 Å². The number of rotatable bonds is 8. The molecule has 2 rings (SSSR count). The van der Waals surface area contributed by atoms with Crippen LogP contribution < -0.4 is 9.80 Å². The molecule has 0 saturated heterocycles. The molecule has 0 aliphatic carbocycles. The Bertz CT molecular complexity index is 721. The Hall–Kier alpha value is -2.98. The molecule has 0 amide bonds. The standard InChI is InChI=1S/C22H26N4/c1-3-5-15-25-20-12-8-9-13-21(20)26(16-6-4-2)22(25)14-10-7-11-19(17-23)18-24/h7-14H,3-6,15-16H2,1-2H3/b10-7+. The fourth-order valence-electron chi connectivity index (χ4n) is 2.99. The number of para-hydroxylation sites is 2. The molecule has 0 N–H and O–H groups in total. The first-order valence-corrected chi connectivity index (χ1v) is 9.29. The van der Waals surface area contributed by atoms with Gasteiger partial charge in [-0.15, -0.1) is 0 Å². The van der Waals surface area contributed by atoms with E-state index in [1.165, 1.54) is 11.4 Å². The summed E-state index contributed by atoms with van der Waals surface area (Å²) in [4.78, 5) is 4.75. The molecule has 4 nitrogen and oxygen atoms in total. The van der Waals surface area contributed by atoms with Crippen LogP contribution in [0.3, 0.4) is 0 Å². The van der Waals surface area contributed by atoms with Crippen molar-refractivity contribution in [3.05, 3.63) is 60.0 Å². The van der Waals surface area contributed by atoms with Crippen molar-refractivity contribution in [2.45, 2.75) is 39.5 Å². The molecule has 0 spiro atoms. The highest BCUT2D eigenvalue weighted by Gasteiger charge is 2.29. The van der Waals surface area contributed by atoms with Crippen LogP contribution >= 0.6 is 0 Å². The Balaban J connectivity index is 2.36. The van der Waals surface area contributed by atoms with Gasteiger partial charge in [0.05, 0.1) is 11.4 Å². The zero-order valence-electron chi connectivity index (χ0n) is 15.7. The normalized spacial score (nSPS) is 12.7. The van der Waals surface area contributed by atoms with Crippen LogP contribution in [0.2, 0.25) is 0 Å². The van der Waals surface area contributed by atoms with Gasteiger partial charge in [-0.05, 0) is 37.1 Å². The van der Waals surface area contributed by atoms with Crippen LogP contribution in [-0.2, 0) is 0 Å². The Morgan fingerprint density at radius 3 is 1.92 bits per heavy atom. The van der Waals surface area contributed by atoms with Gasteiger partial charge < -0.3 is 9.80 Å². The summed E-state index contributed by atoms with van der Waals surface area (Å²) < 4.78 is 0. The average Bonchev–Trinajstić information content (AvgIpc) is 2.97. The van der Waals surface area contributed by atoms with E-state index in [1.54, 1.807) is 12.2 Å². The molecule has 134 valence electrons. The van der Waals surface area contributed by atoms with E-state index in [-0.39, 0.29) is 5.57 Å². The third-order valence-corrected chi connectivity index (χ3v) is 4.35. The van der Waals surface area contributed by atoms with E-state index in [2.05, 4.69) is 54.0 Å². The minimum absolute atomic E-state index is 0.111. The van der Waals surface area contributed by atoms with Gasteiger partial charge in [-0.2, -0.15) is 10.5 Å². The van der Waals surface area contributed by atoms with E-state index in [1.807, 2.05) is 18.2 Å². The molecule has 0 saturated carbocycles. The van der Waals surface area contributed by atoms with Crippen molar-refractivity contribution >= 4 is 11.4 Å². The highest BCUT2D eigenvalue weighted by atomic mass is 15.4. The fraction of sp³-hybridized carbons (Fsp3) is 0.364. The van der Waals surface area contributed by atoms with Gasteiger partial charge in [0.25, 0.3) is 0 Å². The van der Waals surface area contributed by atoms with Gasteiger partial charge in [0, 0.05) is 13.1 Å². The molecule has 0 bridgehead atoms. The van der Waals surface area contributed by atoms with Gasteiger partial charge >= 0.3 is 0 Å². The van der Waals surface area contributed by atoms with E-state index in [0.717, 1.165) is 44.6 Å². The number of unbranched alkanes of at least 4 members (excludes halogenated alkanes) is 2. The molecule has 0 unspecified atom stereocenters. The lowest BCUT2D eigenvalue weighted by Gasteiger charge is -2.25. The van der Waals surface area contributed by atoms with E-state index in [0.29, 0.717) is 0 Å². The Morgan fingerprint density at radius 2 is 1.46 bits per heavy atom. The Kier molecular flexibility index (Phi) is 7.52. The Morgan fingerprint density at radius 1 is 0.923 bits per heavy atom. The number of hydrogen-bond donors (Lipinski definition) is 0. The highest BCUT2D eigenvalue weighted by molar-refractivity contribution is 5.82. The fourth-order valence-corrected chi connectivity index (χ4v) is 2.99. The smallest absolute Gasteiger partial charge is 0.129 e. The summed E-state index contributed by atoms with van der Waals surface area (Å²) in [5.41, 5.74) is 2.61. The molecule has 1 aliphatic rings. The molecule has 1 heterocycles.